The second-order valence-corrected chi connectivity index (χ2v) is 3.86. The number of aromatic carboxylic acids is 1. The minimum atomic E-state index is -0.991. The Labute approximate surface area is 105 Å². The van der Waals surface area contributed by atoms with Crippen LogP contribution in [0.15, 0.2) is 48.7 Å². The Morgan fingerprint density at radius 2 is 2.00 bits per heavy atom. The van der Waals surface area contributed by atoms with E-state index in [2.05, 4.69) is 4.98 Å². The molecule has 0 saturated carbocycles. The van der Waals surface area contributed by atoms with Crippen molar-refractivity contribution < 1.29 is 14.6 Å². The molecule has 0 spiro atoms. The maximum absolute atomic E-state index is 10.8. The summed E-state index contributed by atoms with van der Waals surface area (Å²) in [5.41, 5.74) is 1.18. The van der Waals surface area contributed by atoms with Crippen molar-refractivity contribution in [2.75, 3.05) is 0 Å². The van der Waals surface area contributed by atoms with Crippen molar-refractivity contribution in [1.82, 2.24) is 4.98 Å². The van der Waals surface area contributed by atoms with Crippen molar-refractivity contribution >= 4 is 5.97 Å². The van der Waals surface area contributed by atoms with Crippen LogP contribution in [0.2, 0.25) is 0 Å². The lowest BCUT2D eigenvalue weighted by Gasteiger charge is -2.14. The van der Waals surface area contributed by atoms with E-state index in [0.717, 1.165) is 5.56 Å². The molecule has 1 unspecified atom stereocenters. The fraction of sp³-hybridized carbons (Fsp3) is 0.143. The predicted molar refractivity (Wildman–Crippen MR) is 66.7 cm³/mol. The average Bonchev–Trinajstić information content (AvgIpc) is 2.40. The Balaban J connectivity index is 2.14. The number of nitrogens with zero attached hydrogens (tertiary/aromatic N) is 1. The molecule has 4 nitrogen and oxygen atoms in total. The molecule has 0 aliphatic heterocycles. The molecule has 1 heterocycles. The van der Waals surface area contributed by atoms with Gasteiger partial charge in [0.15, 0.2) is 0 Å². The normalized spacial score (nSPS) is 11.8. The summed E-state index contributed by atoms with van der Waals surface area (Å²) in [5, 5.41) is 8.88. The highest BCUT2D eigenvalue weighted by Crippen LogP contribution is 2.20. The second kappa shape index (κ2) is 5.31. The van der Waals surface area contributed by atoms with Gasteiger partial charge < -0.3 is 9.84 Å². The first-order valence-corrected chi connectivity index (χ1v) is 5.58. The van der Waals surface area contributed by atoms with Crippen molar-refractivity contribution in [2.24, 2.45) is 0 Å². The number of pyridine rings is 1. The molecular weight excluding hydrogens is 230 g/mol. The van der Waals surface area contributed by atoms with E-state index >= 15 is 0 Å². The number of carboxylic acids is 1. The van der Waals surface area contributed by atoms with Crippen LogP contribution in [0.3, 0.4) is 0 Å². The third-order valence-electron chi connectivity index (χ3n) is 2.55. The Bertz CT molecular complexity index is 540. The molecule has 0 saturated heterocycles. The quantitative estimate of drug-likeness (QED) is 0.896. The van der Waals surface area contributed by atoms with E-state index in [0.29, 0.717) is 5.88 Å². The van der Waals surface area contributed by atoms with Crippen molar-refractivity contribution in [3.8, 4) is 5.88 Å². The Morgan fingerprint density at radius 3 is 2.67 bits per heavy atom. The summed E-state index contributed by atoms with van der Waals surface area (Å²) in [4.78, 5) is 14.8. The molecule has 18 heavy (non-hydrogen) atoms. The van der Waals surface area contributed by atoms with E-state index in [1.165, 1.54) is 18.3 Å². The first-order valence-electron chi connectivity index (χ1n) is 5.58. The van der Waals surface area contributed by atoms with Gasteiger partial charge in [0.1, 0.15) is 6.10 Å². The van der Waals surface area contributed by atoms with E-state index in [1.54, 1.807) is 0 Å². The predicted octanol–water partition coefficient (Wildman–Crippen LogP) is 2.92. The highest BCUT2D eigenvalue weighted by molar-refractivity contribution is 5.87. The smallest absolute Gasteiger partial charge is 0.335 e. The zero-order valence-corrected chi connectivity index (χ0v) is 9.91. The standard InChI is InChI=1S/C14H13NO3/c1-10(11-5-3-2-4-6-11)18-13-9-12(14(16)17)7-8-15-13/h2-10H,1H3,(H,16,17). The van der Waals surface area contributed by atoms with E-state index in [4.69, 9.17) is 9.84 Å². The summed E-state index contributed by atoms with van der Waals surface area (Å²) in [6.07, 6.45) is 1.25. The average molecular weight is 243 g/mol. The molecule has 0 bridgehead atoms. The minimum absolute atomic E-state index is 0.167. The third kappa shape index (κ3) is 2.85. The number of rotatable bonds is 4. The van der Waals surface area contributed by atoms with Crippen LogP contribution in [0.4, 0.5) is 0 Å². The Kier molecular flexibility index (Phi) is 3.57. The van der Waals surface area contributed by atoms with Crippen molar-refractivity contribution in [2.45, 2.75) is 13.0 Å². The summed E-state index contributed by atoms with van der Waals surface area (Å²) in [6, 6.07) is 12.5. The van der Waals surface area contributed by atoms with Crippen LogP contribution in [-0.2, 0) is 0 Å². The van der Waals surface area contributed by atoms with Gasteiger partial charge in [0.2, 0.25) is 5.88 Å². The van der Waals surface area contributed by atoms with E-state index < -0.39 is 5.97 Å². The van der Waals surface area contributed by atoms with Crippen LogP contribution in [0, 0.1) is 0 Å². The highest BCUT2D eigenvalue weighted by atomic mass is 16.5. The van der Waals surface area contributed by atoms with Gasteiger partial charge in [0.25, 0.3) is 0 Å². The first kappa shape index (κ1) is 12.1. The number of hydrogen-bond acceptors (Lipinski definition) is 3. The lowest BCUT2D eigenvalue weighted by Crippen LogP contribution is -2.05. The SMILES string of the molecule is CC(Oc1cc(C(=O)O)ccn1)c1ccccc1. The van der Waals surface area contributed by atoms with E-state index in [1.807, 2.05) is 37.3 Å². The second-order valence-electron chi connectivity index (χ2n) is 3.86. The van der Waals surface area contributed by atoms with Crippen LogP contribution in [-0.4, -0.2) is 16.1 Å². The fourth-order valence-electron chi connectivity index (χ4n) is 1.58. The molecule has 0 amide bonds. The molecule has 0 radical (unpaired) electrons. The monoisotopic (exact) mass is 243 g/mol. The maximum Gasteiger partial charge on any atom is 0.335 e. The molecule has 2 aromatic rings. The van der Waals surface area contributed by atoms with Crippen LogP contribution in [0.5, 0.6) is 5.88 Å². The lowest BCUT2D eigenvalue weighted by molar-refractivity contribution is 0.0695. The zero-order chi connectivity index (χ0) is 13.0. The summed E-state index contributed by atoms with van der Waals surface area (Å²) in [5.74, 6) is -0.680. The summed E-state index contributed by atoms with van der Waals surface area (Å²) < 4.78 is 5.62. The van der Waals surface area contributed by atoms with Gasteiger partial charge in [-0.1, -0.05) is 30.3 Å². The number of hydrogen-bond donors (Lipinski definition) is 1. The van der Waals surface area contributed by atoms with Crippen LogP contribution in [0.25, 0.3) is 0 Å². The summed E-state index contributed by atoms with van der Waals surface area (Å²) >= 11 is 0. The largest absolute Gasteiger partial charge is 0.478 e. The van der Waals surface area contributed by atoms with Crippen molar-refractivity contribution in [1.29, 1.82) is 0 Å². The number of benzene rings is 1. The highest BCUT2D eigenvalue weighted by Gasteiger charge is 2.09. The van der Waals surface area contributed by atoms with Gasteiger partial charge in [-0.2, -0.15) is 0 Å². The van der Waals surface area contributed by atoms with Gasteiger partial charge in [-0.3, -0.25) is 0 Å². The molecule has 1 N–H and O–H groups in total. The molecule has 92 valence electrons. The number of aromatic nitrogens is 1. The third-order valence-corrected chi connectivity index (χ3v) is 2.55. The first-order chi connectivity index (χ1) is 8.66. The topological polar surface area (TPSA) is 59.4 Å². The lowest BCUT2D eigenvalue weighted by atomic mass is 10.1. The van der Waals surface area contributed by atoms with Crippen molar-refractivity contribution in [3.63, 3.8) is 0 Å². The zero-order valence-electron chi connectivity index (χ0n) is 9.91. The molecule has 1 atom stereocenters. The van der Waals surface area contributed by atoms with Gasteiger partial charge in [-0.15, -0.1) is 0 Å². The molecular formula is C14H13NO3. The van der Waals surface area contributed by atoms with Gasteiger partial charge in [-0.05, 0) is 18.6 Å². The maximum atomic E-state index is 10.8. The van der Waals surface area contributed by atoms with Crippen LogP contribution in [0.1, 0.15) is 28.9 Å². The minimum Gasteiger partial charge on any atom is -0.478 e. The van der Waals surface area contributed by atoms with Crippen LogP contribution >= 0.6 is 0 Å². The number of carboxylic acid groups (broad SMARTS) is 1. The van der Waals surface area contributed by atoms with Gasteiger partial charge in [0, 0.05) is 12.3 Å². The number of ether oxygens (including phenoxy) is 1. The van der Waals surface area contributed by atoms with Crippen LogP contribution < -0.4 is 4.74 Å². The molecule has 4 heteroatoms. The van der Waals surface area contributed by atoms with E-state index in [9.17, 15) is 4.79 Å². The molecule has 0 aliphatic carbocycles. The Morgan fingerprint density at radius 1 is 1.28 bits per heavy atom. The molecule has 0 aliphatic rings. The number of carbonyl (C=O) groups is 1. The fourth-order valence-corrected chi connectivity index (χ4v) is 1.58. The van der Waals surface area contributed by atoms with Gasteiger partial charge in [0.05, 0.1) is 5.56 Å². The van der Waals surface area contributed by atoms with E-state index in [-0.39, 0.29) is 11.7 Å². The summed E-state index contributed by atoms with van der Waals surface area (Å²) in [6.45, 7) is 1.89. The van der Waals surface area contributed by atoms with Gasteiger partial charge >= 0.3 is 5.97 Å². The molecule has 2 rings (SSSR count). The molecule has 1 aromatic carbocycles. The van der Waals surface area contributed by atoms with Gasteiger partial charge in [-0.25, -0.2) is 9.78 Å². The molecule has 0 fully saturated rings. The summed E-state index contributed by atoms with van der Waals surface area (Å²) in [7, 11) is 0. The Hall–Kier alpha value is -2.36. The molecule has 1 aromatic heterocycles. The van der Waals surface area contributed by atoms with Crippen molar-refractivity contribution in [3.05, 3.63) is 59.8 Å².